The van der Waals surface area contributed by atoms with Gasteiger partial charge in [-0.2, -0.15) is 0 Å². The number of nitrogens with zero attached hydrogens (tertiary/aromatic N) is 1. The molecule has 26 heavy (non-hydrogen) atoms. The number of H-pyrrole nitrogens is 1. The fourth-order valence-corrected chi connectivity index (χ4v) is 3.80. The zero-order valence-electron chi connectivity index (χ0n) is 14.7. The molecule has 0 aliphatic carbocycles. The number of fused-ring (bicyclic) bond motifs is 1. The van der Waals surface area contributed by atoms with Crippen LogP contribution >= 0.6 is 11.3 Å². The Morgan fingerprint density at radius 1 is 1.15 bits per heavy atom. The second-order valence-electron chi connectivity index (χ2n) is 6.33. The van der Waals surface area contributed by atoms with Gasteiger partial charge in [-0.25, -0.2) is 4.98 Å². The highest BCUT2D eigenvalue weighted by atomic mass is 32.1. The van der Waals surface area contributed by atoms with Crippen molar-refractivity contribution in [3.8, 4) is 10.6 Å². The van der Waals surface area contributed by atoms with Crippen LogP contribution in [0.4, 0.5) is 0 Å². The molecule has 0 unspecified atom stereocenters. The number of hydrogen-bond acceptors (Lipinski definition) is 3. The quantitative estimate of drug-likeness (QED) is 0.546. The van der Waals surface area contributed by atoms with Gasteiger partial charge in [0.2, 0.25) is 0 Å². The maximum atomic E-state index is 12.5. The summed E-state index contributed by atoms with van der Waals surface area (Å²) in [5.74, 6) is -0.0839. The molecule has 0 radical (unpaired) electrons. The minimum atomic E-state index is -0.0839. The topological polar surface area (TPSA) is 57.8 Å². The van der Waals surface area contributed by atoms with E-state index in [0.717, 1.165) is 32.9 Å². The van der Waals surface area contributed by atoms with Gasteiger partial charge in [0.1, 0.15) is 5.01 Å². The summed E-state index contributed by atoms with van der Waals surface area (Å²) in [6.45, 7) is 4.53. The van der Waals surface area contributed by atoms with Crippen LogP contribution in [0.5, 0.6) is 0 Å². The lowest BCUT2D eigenvalue weighted by molar-refractivity contribution is 0.0950. The Bertz CT molecular complexity index is 1080. The van der Waals surface area contributed by atoms with Crippen molar-refractivity contribution in [1.82, 2.24) is 15.3 Å². The second-order valence-corrected chi connectivity index (χ2v) is 7.19. The predicted molar refractivity (Wildman–Crippen MR) is 106 cm³/mol. The largest absolute Gasteiger partial charge is 0.358 e. The summed E-state index contributed by atoms with van der Waals surface area (Å²) in [6, 6.07) is 15.8. The molecule has 0 saturated heterocycles. The number of hydrogen-bond donors (Lipinski definition) is 2. The second kappa shape index (κ2) is 6.77. The summed E-state index contributed by atoms with van der Waals surface area (Å²) in [7, 11) is 0. The van der Waals surface area contributed by atoms with Gasteiger partial charge in [0.15, 0.2) is 0 Å². The van der Waals surface area contributed by atoms with Crippen LogP contribution in [0.15, 0.2) is 53.9 Å². The van der Waals surface area contributed by atoms with Gasteiger partial charge >= 0.3 is 0 Å². The number of nitrogens with one attached hydrogen (secondary N) is 2. The molecule has 0 atom stereocenters. The van der Waals surface area contributed by atoms with Gasteiger partial charge in [-0.15, -0.1) is 11.3 Å². The Hall–Kier alpha value is -2.92. The van der Waals surface area contributed by atoms with Crippen LogP contribution in [0.2, 0.25) is 0 Å². The van der Waals surface area contributed by atoms with E-state index in [1.165, 1.54) is 5.56 Å². The van der Waals surface area contributed by atoms with Crippen molar-refractivity contribution in [3.05, 3.63) is 76.4 Å². The lowest BCUT2D eigenvalue weighted by Crippen LogP contribution is -2.22. The predicted octanol–water partition coefficient (Wildman–Crippen LogP) is 4.84. The summed E-state index contributed by atoms with van der Waals surface area (Å²) in [5, 5.41) is 7.02. The number of rotatable bonds is 4. The Morgan fingerprint density at radius 2 is 1.96 bits per heavy atom. The Labute approximate surface area is 155 Å². The molecule has 0 aliphatic rings. The molecule has 2 aromatic heterocycles. The number of thiazole rings is 1. The third-order valence-corrected chi connectivity index (χ3v) is 5.51. The van der Waals surface area contributed by atoms with Gasteiger partial charge in [-0.05, 0) is 37.6 Å². The Morgan fingerprint density at radius 3 is 2.77 bits per heavy atom. The molecule has 0 aliphatic heterocycles. The minimum Gasteiger partial charge on any atom is -0.358 e. The van der Waals surface area contributed by atoms with Crippen LogP contribution in [-0.4, -0.2) is 15.9 Å². The number of benzene rings is 2. The molecular weight excluding hydrogens is 342 g/mol. The molecule has 4 nitrogen and oxygen atoms in total. The third kappa shape index (κ3) is 3.13. The van der Waals surface area contributed by atoms with Crippen LogP contribution in [0.3, 0.4) is 0 Å². The number of carbonyl (C=O) groups is 1. The van der Waals surface area contributed by atoms with Gasteiger partial charge in [-0.1, -0.05) is 30.3 Å². The van der Waals surface area contributed by atoms with Crippen LogP contribution in [0.25, 0.3) is 21.5 Å². The third-order valence-electron chi connectivity index (χ3n) is 4.57. The van der Waals surface area contributed by atoms with Crippen molar-refractivity contribution in [2.24, 2.45) is 0 Å². The first kappa shape index (κ1) is 16.5. The number of aromatic nitrogens is 2. The zero-order valence-corrected chi connectivity index (χ0v) is 15.5. The molecule has 0 saturated carbocycles. The normalized spacial score (nSPS) is 11.0. The molecule has 0 fully saturated rings. The van der Waals surface area contributed by atoms with E-state index in [1.54, 1.807) is 11.3 Å². The molecule has 2 aromatic carbocycles. The minimum absolute atomic E-state index is 0.0839. The Balaban J connectivity index is 1.47. The lowest BCUT2D eigenvalue weighted by atomic mass is 10.1. The summed E-state index contributed by atoms with van der Waals surface area (Å²) < 4.78 is 0. The summed E-state index contributed by atoms with van der Waals surface area (Å²) in [4.78, 5) is 20.5. The van der Waals surface area contributed by atoms with Crippen molar-refractivity contribution in [3.63, 3.8) is 0 Å². The zero-order chi connectivity index (χ0) is 18.1. The molecule has 0 spiro atoms. The van der Waals surface area contributed by atoms with Crippen molar-refractivity contribution < 1.29 is 4.79 Å². The monoisotopic (exact) mass is 361 g/mol. The van der Waals surface area contributed by atoms with Gasteiger partial charge in [0.25, 0.3) is 5.91 Å². The number of aryl methyl sites for hydroxylation is 2. The molecule has 4 rings (SSSR count). The first-order chi connectivity index (χ1) is 12.6. The van der Waals surface area contributed by atoms with Gasteiger partial charge in [0.05, 0.1) is 12.2 Å². The maximum Gasteiger partial charge on any atom is 0.251 e. The first-order valence-electron chi connectivity index (χ1n) is 8.49. The maximum absolute atomic E-state index is 12.5. The number of amides is 1. The lowest BCUT2D eigenvalue weighted by Gasteiger charge is -2.04. The van der Waals surface area contributed by atoms with E-state index in [-0.39, 0.29) is 5.91 Å². The average molecular weight is 361 g/mol. The average Bonchev–Trinajstić information content (AvgIpc) is 3.25. The van der Waals surface area contributed by atoms with E-state index in [0.29, 0.717) is 12.1 Å². The van der Waals surface area contributed by atoms with E-state index >= 15 is 0 Å². The summed E-state index contributed by atoms with van der Waals surface area (Å²) in [5.41, 5.74) is 6.01. The molecular formula is C21H19N3OS. The van der Waals surface area contributed by atoms with Crippen LogP contribution < -0.4 is 5.32 Å². The standard InChI is InChI=1S/C21H19N3OS/c1-13-14(2)23-19-9-8-16(10-18(13)19)20(25)22-11-17-12-26-21(24-17)15-6-4-3-5-7-15/h3-10,12,23H,11H2,1-2H3,(H,22,25). The first-order valence-corrected chi connectivity index (χ1v) is 9.37. The van der Waals surface area contributed by atoms with Gasteiger partial charge in [0, 0.05) is 33.1 Å². The molecule has 5 heteroatoms. The van der Waals surface area contributed by atoms with Crippen LogP contribution in [-0.2, 0) is 6.54 Å². The van der Waals surface area contributed by atoms with Crippen molar-refractivity contribution in [1.29, 1.82) is 0 Å². The van der Waals surface area contributed by atoms with Crippen LogP contribution in [0.1, 0.15) is 27.3 Å². The van der Waals surface area contributed by atoms with E-state index in [9.17, 15) is 4.79 Å². The summed E-state index contributed by atoms with van der Waals surface area (Å²) >= 11 is 1.59. The highest BCUT2D eigenvalue weighted by molar-refractivity contribution is 7.13. The van der Waals surface area contributed by atoms with E-state index in [2.05, 4.69) is 22.2 Å². The van der Waals surface area contributed by atoms with Gasteiger partial charge in [-0.3, -0.25) is 4.79 Å². The molecule has 0 bridgehead atoms. The van der Waals surface area contributed by atoms with Crippen molar-refractivity contribution >= 4 is 28.1 Å². The van der Waals surface area contributed by atoms with E-state index in [1.807, 2.05) is 60.8 Å². The number of carbonyl (C=O) groups excluding carboxylic acids is 1. The molecule has 2 heterocycles. The highest BCUT2D eigenvalue weighted by Gasteiger charge is 2.11. The molecule has 1 amide bonds. The highest BCUT2D eigenvalue weighted by Crippen LogP contribution is 2.24. The molecule has 2 N–H and O–H groups in total. The fraction of sp³-hybridized carbons (Fsp3) is 0.143. The van der Waals surface area contributed by atoms with Gasteiger partial charge < -0.3 is 10.3 Å². The van der Waals surface area contributed by atoms with Crippen LogP contribution in [0, 0.1) is 13.8 Å². The van der Waals surface area contributed by atoms with E-state index in [4.69, 9.17) is 0 Å². The number of aromatic amines is 1. The van der Waals surface area contributed by atoms with Crippen molar-refractivity contribution in [2.45, 2.75) is 20.4 Å². The Kier molecular flexibility index (Phi) is 4.31. The fourth-order valence-electron chi connectivity index (χ4n) is 2.98. The van der Waals surface area contributed by atoms with E-state index < -0.39 is 0 Å². The molecule has 130 valence electrons. The van der Waals surface area contributed by atoms with Crippen molar-refractivity contribution in [2.75, 3.05) is 0 Å². The summed E-state index contributed by atoms with van der Waals surface area (Å²) in [6.07, 6.45) is 0. The molecule has 4 aromatic rings. The smallest absolute Gasteiger partial charge is 0.251 e. The SMILES string of the molecule is Cc1[nH]c2ccc(C(=O)NCc3csc(-c4ccccc4)n3)cc2c1C.